The van der Waals surface area contributed by atoms with Gasteiger partial charge in [-0.05, 0) is 49.2 Å². The summed E-state index contributed by atoms with van der Waals surface area (Å²) in [5, 5.41) is 5.71. The van der Waals surface area contributed by atoms with Gasteiger partial charge in [-0.3, -0.25) is 9.59 Å². The van der Waals surface area contributed by atoms with Crippen LogP contribution in [0.25, 0.3) is 0 Å². The summed E-state index contributed by atoms with van der Waals surface area (Å²) >= 11 is 0. The zero-order chi connectivity index (χ0) is 21.9. The first-order chi connectivity index (χ1) is 14.5. The average Bonchev–Trinajstić information content (AvgIpc) is 2.75. The zero-order valence-electron chi connectivity index (χ0n) is 18.3. The molecule has 0 heterocycles. The summed E-state index contributed by atoms with van der Waals surface area (Å²) in [5.74, 6) is 0.820. The normalized spacial score (nSPS) is 10.4. The number of hydrogen-bond acceptors (Lipinski definition) is 4. The van der Waals surface area contributed by atoms with Crippen molar-refractivity contribution in [3.8, 4) is 11.5 Å². The molecule has 30 heavy (non-hydrogen) atoms. The van der Waals surface area contributed by atoms with Crippen LogP contribution < -0.4 is 20.1 Å². The molecule has 2 aromatic rings. The molecule has 0 radical (unpaired) electrons. The highest BCUT2D eigenvalue weighted by Gasteiger charge is 2.13. The first-order valence-electron chi connectivity index (χ1n) is 10.5. The summed E-state index contributed by atoms with van der Waals surface area (Å²) in [4.78, 5) is 24.4. The number of methoxy groups -OCH3 is 1. The van der Waals surface area contributed by atoms with Gasteiger partial charge in [0.15, 0.2) is 11.5 Å². The molecule has 2 N–H and O–H groups in total. The van der Waals surface area contributed by atoms with Gasteiger partial charge in [-0.15, -0.1) is 0 Å². The number of hydrogen-bond donors (Lipinski definition) is 2. The number of carbonyl (C=O) groups is 2. The highest BCUT2D eigenvalue weighted by atomic mass is 16.5. The molecule has 0 aliphatic carbocycles. The number of ether oxygens (including phenoxy) is 2. The SMILES string of the molecule is CCCCCCOc1ccc(C(=O)Nc2cc(NC(=O)CC)ccc2C)cc1OC. The highest BCUT2D eigenvalue weighted by Crippen LogP contribution is 2.29. The third-order valence-electron chi connectivity index (χ3n) is 4.77. The molecule has 162 valence electrons. The summed E-state index contributed by atoms with van der Waals surface area (Å²) in [6, 6.07) is 10.6. The Labute approximate surface area is 179 Å². The molecule has 2 rings (SSSR count). The molecule has 0 spiro atoms. The monoisotopic (exact) mass is 412 g/mol. The van der Waals surface area contributed by atoms with E-state index in [9.17, 15) is 9.59 Å². The minimum absolute atomic E-state index is 0.0776. The fourth-order valence-corrected chi connectivity index (χ4v) is 2.92. The Balaban J connectivity index is 2.08. The lowest BCUT2D eigenvalue weighted by atomic mass is 10.1. The molecule has 0 aliphatic heterocycles. The maximum atomic E-state index is 12.8. The first-order valence-corrected chi connectivity index (χ1v) is 10.5. The van der Waals surface area contributed by atoms with Crippen LogP contribution in [-0.4, -0.2) is 25.5 Å². The second-order valence-corrected chi connectivity index (χ2v) is 7.16. The minimum atomic E-state index is -0.259. The van der Waals surface area contributed by atoms with Gasteiger partial charge in [0.2, 0.25) is 5.91 Å². The Bertz CT molecular complexity index is 864. The van der Waals surface area contributed by atoms with Crippen LogP contribution in [-0.2, 0) is 4.79 Å². The van der Waals surface area contributed by atoms with Crippen molar-refractivity contribution in [1.82, 2.24) is 0 Å². The Hall–Kier alpha value is -3.02. The van der Waals surface area contributed by atoms with Gasteiger partial charge in [-0.25, -0.2) is 0 Å². The van der Waals surface area contributed by atoms with Gasteiger partial charge in [-0.2, -0.15) is 0 Å². The van der Waals surface area contributed by atoms with Gasteiger partial charge < -0.3 is 20.1 Å². The molecule has 0 aromatic heterocycles. The topological polar surface area (TPSA) is 76.7 Å². The number of aryl methyl sites for hydroxylation is 1. The van der Waals surface area contributed by atoms with Crippen molar-refractivity contribution in [2.75, 3.05) is 24.4 Å². The molecule has 0 aliphatic rings. The standard InChI is InChI=1S/C24H32N2O4/c1-5-7-8-9-14-30-21-13-11-18(15-22(21)29-4)24(28)26-20-16-19(12-10-17(20)3)25-23(27)6-2/h10-13,15-16H,5-9,14H2,1-4H3,(H,25,27)(H,26,28). The van der Waals surface area contributed by atoms with Crippen LogP contribution in [0.1, 0.15) is 61.9 Å². The molecule has 0 saturated carbocycles. The van der Waals surface area contributed by atoms with Crippen molar-refractivity contribution in [3.05, 3.63) is 47.5 Å². The number of anilines is 2. The largest absolute Gasteiger partial charge is 0.493 e. The fraction of sp³-hybridized carbons (Fsp3) is 0.417. The van der Waals surface area contributed by atoms with Gasteiger partial charge >= 0.3 is 0 Å². The molecular formula is C24H32N2O4. The van der Waals surface area contributed by atoms with Crippen molar-refractivity contribution >= 4 is 23.2 Å². The van der Waals surface area contributed by atoms with Gasteiger partial charge in [0, 0.05) is 23.4 Å². The molecule has 0 unspecified atom stereocenters. The van der Waals surface area contributed by atoms with Gasteiger partial charge in [0.25, 0.3) is 5.91 Å². The number of amides is 2. The first kappa shape index (κ1) is 23.3. The quantitative estimate of drug-likeness (QED) is 0.474. The Morgan fingerprint density at radius 3 is 2.43 bits per heavy atom. The minimum Gasteiger partial charge on any atom is -0.493 e. The van der Waals surface area contributed by atoms with Crippen molar-refractivity contribution in [2.24, 2.45) is 0 Å². The lowest BCUT2D eigenvalue weighted by Crippen LogP contribution is -2.14. The van der Waals surface area contributed by atoms with Crippen molar-refractivity contribution < 1.29 is 19.1 Å². The lowest BCUT2D eigenvalue weighted by Gasteiger charge is -2.14. The van der Waals surface area contributed by atoms with Gasteiger partial charge in [0.05, 0.1) is 13.7 Å². The van der Waals surface area contributed by atoms with E-state index in [1.165, 1.54) is 12.8 Å². The van der Waals surface area contributed by atoms with E-state index in [4.69, 9.17) is 9.47 Å². The fourth-order valence-electron chi connectivity index (χ4n) is 2.92. The van der Waals surface area contributed by atoms with Gasteiger partial charge in [-0.1, -0.05) is 39.2 Å². The van der Waals surface area contributed by atoms with Crippen LogP contribution in [0.5, 0.6) is 11.5 Å². The summed E-state index contributed by atoms with van der Waals surface area (Å²) in [5.41, 5.74) is 2.65. The number of unbranched alkanes of at least 4 members (excludes halogenated alkanes) is 3. The summed E-state index contributed by atoms with van der Waals surface area (Å²) in [6.45, 7) is 6.49. The Morgan fingerprint density at radius 2 is 1.73 bits per heavy atom. The molecule has 6 heteroatoms. The van der Waals surface area contributed by atoms with E-state index < -0.39 is 0 Å². The second kappa shape index (κ2) is 11.9. The molecular weight excluding hydrogens is 380 g/mol. The Kier molecular flexibility index (Phi) is 9.19. The van der Waals surface area contributed by atoms with Gasteiger partial charge in [0.1, 0.15) is 0 Å². The number of benzene rings is 2. The van der Waals surface area contributed by atoms with E-state index in [-0.39, 0.29) is 11.8 Å². The molecule has 0 bridgehead atoms. The Morgan fingerprint density at radius 1 is 0.933 bits per heavy atom. The summed E-state index contributed by atoms with van der Waals surface area (Å²) in [6.07, 6.45) is 4.89. The molecule has 2 amide bonds. The summed E-state index contributed by atoms with van der Waals surface area (Å²) < 4.78 is 11.2. The van der Waals surface area contributed by atoms with Crippen LogP contribution in [0.15, 0.2) is 36.4 Å². The van der Waals surface area contributed by atoms with Crippen LogP contribution in [0.3, 0.4) is 0 Å². The number of rotatable bonds is 11. The highest BCUT2D eigenvalue weighted by molar-refractivity contribution is 6.05. The maximum absolute atomic E-state index is 12.8. The lowest BCUT2D eigenvalue weighted by molar-refractivity contribution is -0.115. The predicted octanol–water partition coefficient (Wildman–Crippen LogP) is 5.56. The van der Waals surface area contributed by atoms with Crippen LogP contribution >= 0.6 is 0 Å². The van der Waals surface area contributed by atoms with Crippen LogP contribution in [0.4, 0.5) is 11.4 Å². The molecule has 0 fully saturated rings. The maximum Gasteiger partial charge on any atom is 0.255 e. The molecule has 0 saturated heterocycles. The van der Waals surface area contributed by atoms with Crippen molar-refractivity contribution in [2.45, 2.75) is 52.9 Å². The second-order valence-electron chi connectivity index (χ2n) is 7.16. The van der Waals surface area contributed by atoms with E-state index in [0.717, 1.165) is 18.4 Å². The molecule has 6 nitrogen and oxygen atoms in total. The van der Waals surface area contributed by atoms with Crippen molar-refractivity contribution in [3.63, 3.8) is 0 Å². The average molecular weight is 413 g/mol. The van der Waals surface area contributed by atoms with Crippen molar-refractivity contribution in [1.29, 1.82) is 0 Å². The zero-order valence-corrected chi connectivity index (χ0v) is 18.3. The van der Waals surface area contributed by atoms with E-state index in [1.54, 1.807) is 38.3 Å². The molecule has 0 atom stereocenters. The van der Waals surface area contributed by atoms with E-state index in [1.807, 2.05) is 19.1 Å². The smallest absolute Gasteiger partial charge is 0.255 e. The van der Waals surface area contributed by atoms with Crippen LogP contribution in [0.2, 0.25) is 0 Å². The molecule has 2 aromatic carbocycles. The van der Waals surface area contributed by atoms with E-state index in [0.29, 0.717) is 41.5 Å². The van der Waals surface area contributed by atoms with E-state index >= 15 is 0 Å². The van der Waals surface area contributed by atoms with E-state index in [2.05, 4.69) is 17.6 Å². The van der Waals surface area contributed by atoms with Crippen LogP contribution in [0, 0.1) is 6.92 Å². The predicted molar refractivity (Wildman–Crippen MR) is 121 cm³/mol. The summed E-state index contributed by atoms with van der Waals surface area (Å²) in [7, 11) is 1.56. The third kappa shape index (κ3) is 6.79. The third-order valence-corrected chi connectivity index (χ3v) is 4.77. The number of carbonyl (C=O) groups excluding carboxylic acids is 2. The number of nitrogens with one attached hydrogen (secondary N) is 2.